The lowest BCUT2D eigenvalue weighted by Gasteiger charge is -2.12. The Hall–Kier alpha value is -1.14. The molecule has 0 radical (unpaired) electrons. The van der Waals surface area contributed by atoms with E-state index in [2.05, 4.69) is 0 Å². The van der Waals surface area contributed by atoms with Crippen LogP contribution < -0.4 is 11.0 Å². The zero-order chi connectivity index (χ0) is 10.4. The van der Waals surface area contributed by atoms with Crippen LogP contribution in [0.4, 0.5) is 0 Å². The van der Waals surface area contributed by atoms with Gasteiger partial charge in [-0.2, -0.15) is 0 Å². The Balaban J connectivity index is 4.09. The average Bonchev–Trinajstić information content (AvgIpc) is 2.11. The molecule has 1 amide bonds. The van der Waals surface area contributed by atoms with E-state index in [-0.39, 0.29) is 0 Å². The fourth-order valence-corrected chi connectivity index (χ4v) is 0.482. The number of carbonyl (C=O) groups excluding carboxylic acids is 1. The van der Waals surface area contributed by atoms with Crippen molar-refractivity contribution in [1.82, 2.24) is 5.32 Å². The van der Waals surface area contributed by atoms with Gasteiger partial charge in [-0.25, -0.2) is 4.79 Å². The number of carbonyl (C=O) groups is 2. The first-order chi connectivity index (χ1) is 6.02. The Morgan fingerprint density at radius 3 is 2.67 bits per heavy atom. The summed E-state index contributed by atoms with van der Waals surface area (Å²) in [7, 11) is 0. The molecule has 0 aromatic carbocycles. The molecule has 0 rings (SSSR count). The number of hydrogen-bond acceptors (Lipinski definition) is 4. The van der Waals surface area contributed by atoms with E-state index in [1.165, 1.54) is 6.92 Å². The molecular formula is C6H12N2O4. The van der Waals surface area contributed by atoms with Gasteiger partial charge in [0.05, 0.1) is 12.6 Å². The van der Waals surface area contributed by atoms with Crippen molar-refractivity contribution in [3.63, 3.8) is 0 Å². The van der Waals surface area contributed by atoms with Crippen LogP contribution >= 0.6 is 0 Å². The fourth-order valence-electron chi connectivity index (χ4n) is 0.482. The lowest BCUT2D eigenvalue weighted by molar-refractivity contribution is -0.143. The number of aliphatic hydroxyl groups is 1. The highest BCUT2D eigenvalue weighted by Gasteiger charge is 2.19. The molecule has 0 aromatic rings. The fraction of sp³-hybridized carbons (Fsp3) is 0.667. The highest BCUT2D eigenvalue weighted by Crippen LogP contribution is 1.84. The second-order valence-electron chi connectivity index (χ2n) is 2.30. The molecular weight excluding hydrogens is 164 g/mol. The van der Waals surface area contributed by atoms with Gasteiger partial charge >= 0.3 is 5.97 Å². The summed E-state index contributed by atoms with van der Waals surface area (Å²) < 4.78 is 6.63. The van der Waals surface area contributed by atoms with Crippen LogP contribution in [0.15, 0.2) is 0 Å². The van der Waals surface area contributed by atoms with E-state index in [9.17, 15) is 9.59 Å². The second-order valence-corrected chi connectivity index (χ2v) is 2.30. The topological polar surface area (TPSA) is 113 Å². The number of aliphatic carboxylic acids is 1. The SMILES string of the molecule is [2H]N[C@H](C)C(=O)N[C@@H](CO)C(=O)O. The Labute approximate surface area is 70.8 Å². The minimum Gasteiger partial charge on any atom is -0.480 e. The van der Waals surface area contributed by atoms with Gasteiger partial charge in [-0.15, -0.1) is 0 Å². The number of nitrogens with two attached hydrogens (primary N) is 1. The standard InChI is InChI=1S/C6H12N2O4/c1-3(7)5(10)8-4(2-9)6(11)12/h3-4,9H,2,7H2,1H3,(H,8,10)(H,11,12)/t3-,4+/m1/s1/i/hD. The average molecular weight is 177 g/mol. The van der Waals surface area contributed by atoms with Crippen molar-refractivity contribution in [2.75, 3.05) is 6.61 Å². The summed E-state index contributed by atoms with van der Waals surface area (Å²) in [5, 5.41) is 19.0. The predicted octanol–water partition coefficient (Wildman–Crippen LogP) is -2.10. The summed E-state index contributed by atoms with van der Waals surface area (Å²) in [4.78, 5) is 21.3. The number of amides is 1. The van der Waals surface area contributed by atoms with Crippen LogP contribution in [0, 0.1) is 0 Å². The third-order valence-electron chi connectivity index (χ3n) is 1.19. The Morgan fingerprint density at radius 2 is 2.33 bits per heavy atom. The lowest BCUT2D eigenvalue weighted by Crippen LogP contribution is -2.48. The first-order valence-electron chi connectivity index (χ1n) is 3.84. The van der Waals surface area contributed by atoms with E-state index in [0.29, 0.717) is 0 Å². The van der Waals surface area contributed by atoms with Crippen LogP contribution in [0.25, 0.3) is 0 Å². The zero-order valence-electron chi connectivity index (χ0n) is 7.57. The van der Waals surface area contributed by atoms with Crippen molar-refractivity contribution >= 4 is 11.9 Å². The highest BCUT2D eigenvalue weighted by molar-refractivity contribution is 5.86. The summed E-state index contributed by atoms with van der Waals surface area (Å²) in [5.74, 6) is -1.95. The van der Waals surface area contributed by atoms with Crippen LogP contribution in [-0.4, -0.2) is 40.8 Å². The second kappa shape index (κ2) is 4.68. The van der Waals surface area contributed by atoms with Crippen molar-refractivity contribution in [2.45, 2.75) is 19.0 Å². The Morgan fingerprint density at radius 1 is 1.75 bits per heavy atom. The molecule has 0 fully saturated rings. The van der Waals surface area contributed by atoms with E-state index < -0.39 is 30.6 Å². The normalized spacial score (nSPS) is 16.0. The van der Waals surface area contributed by atoms with Gasteiger partial charge in [0.1, 0.15) is 7.45 Å². The molecule has 0 unspecified atom stereocenters. The molecule has 0 spiro atoms. The van der Waals surface area contributed by atoms with Gasteiger partial charge in [0, 0.05) is 0 Å². The molecule has 5 N–H and O–H groups in total. The Bertz CT molecular complexity index is 199. The lowest BCUT2D eigenvalue weighted by atomic mass is 10.2. The maximum Gasteiger partial charge on any atom is 0.328 e. The Kier molecular flexibility index (Phi) is 3.49. The number of carboxylic acids is 1. The molecule has 0 heterocycles. The summed E-state index contributed by atoms with van der Waals surface area (Å²) in [6, 6.07) is -2.13. The largest absolute Gasteiger partial charge is 0.480 e. The molecule has 0 saturated carbocycles. The van der Waals surface area contributed by atoms with Crippen LogP contribution in [0.1, 0.15) is 6.92 Å². The first-order valence-corrected chi connectivity index (χ1v) is 3.34. The van der Waals surface area contributed by atoms with Crippen LogP contribution in [0.2, 0.25) is 1.41 Å². The molecule has 6 heteroatoms. The molecule has 6 nitrogen and oxygen atoms in total. The minimum atomic E-state index is -1.32. The van der Waals surface area contributed by atoms with Gasteiger partial charge in [-0.3, -0.25) is 4.79 Å². The molecule has 0 aliphatic rings. The maximum absolute atomic E-state index is 11.0. The summed E-state index contributed by atoms with van der Waals surface area (Å²) in [6.45, 7) is 0.727. The van der Waals surface area contributed by atoms with E-state index in [1.54, 1.807) is 0 Å². The van der Waals surface area contributed by atoms with Gasteiger partial charge in [0.25, 0.3) is 0 Å². The van der Waals surface area contributed by atoms with Gasteiger partial charge in [-0.05, 0) is 6.92 Å². The van der Waals surface area contributed by atoms with E-state index >= 15 is 0 Å². The summed E-state index contributed by atoms with van der Waals surface area (Å²) in [6.07, 6.45) is 0. The highest BCUT2D eigenvalue weighted by atomic mass is 16.4. The smallest absolute Gasteiger partial charge is 0.328 e. The molecule has 0 aliphatic carbocycles. The number of nitrogens with one attached hydrogen (secondary N) is 1. The van der Waals surface area contributed by atoms with Crippen molar-refractivity contribution < 1.29 is 21.2 Å². The molecule has 70 valence electrons. The maximum atomic E-state index is 11.0. The summed E-state index contributed by atoms with van der Waals surface area (Å²) in [5.41, 5.74) is 1.90. The van der Waals surface area contributed by atoms with Gasteiger partial charge in [-0.1, -0.05) is 0 Å². The third kappa shape index (κ3) is 3.31. The zero-order valence-corrected chi connectivity index (χ0v) is 6.57. The van der Waals surface area contributed by atoms with Crippen LogP contribution in [0.3, 0.4) is 0 Å². The van der Waals surface area contributed by atoms with Crippen molar-refractivity contribution in [3.8, 4) is 0 Å². The molecule has 0 aliphatic heterocycles. The number of aliphatic hydroxyl groups excluding tert-OH is 1. The van der Waals surface area contributed by atoms with Gasteiger partial charge < -0.3 is 21.3 Å². The van der Waals surface area contributed by atoms with E-state index in [0.717, 1.165) is 0 Å². The summed E-state index contributed by atoms with van der Waals surface area (Å²) >= 11 is 0. The number of carboxylic acid groups (broad SMARTS) is 1. The van der Waals surface area contributed by atoms with Crippen molar-refractivity contribution in [1.29, 1.82) is 0 Å². The minimum absolute atomic E-state index is 0.642. The van der Waals surface area contributed by atoms with E-state index in [4.69, 9.17) is 11.6 Å². The van der Waals surface area contributed by atoms with Crippen molar-refractivity contribution in [3.05, 3.63) is 0 Å². The van der Waals surface area contributed by atoms with Crippen molar-refractivity contribution in [2.24, 2.45) is 5.73 Å². The molecule has 0 bridgehead atoms. The predicted molar refractivity (Wildman–Crippen MR) is 40.3 cm³/mol. The molecule has 0 aromatic heterocycles. The third-order valence-corrected chi connectivity index (χ3v) is 1.19. The first kappa shape index (κ1) is 8.95. The van der Waals surface area contributed by atoms with Gasteiger partial charge in [0.15, 0.2) is 0 Å². The molecule has 0 saturated heterocycles. The monoisotopic (exact) mass is 177 g/mol. The van der Waals surface area contributed by atoms with Crippen LogP contribution in [0.5, 0.6) is 0 Å². The number of hydrogen-bond donors (Lipinski definition) is 4. The quantitative estimate of drug-likeness (QED) is 0.384. The molecule has 12 heavy (non-hydrogen) atoms. The van der Waals surface area contributed by atoms with Crippen LogP contribution in [-0.2, 0) is 9.59 Å². The van der Waals surface area contributed by atoms with Gasteiger partial charge in [0.2, 0.25) is 5.91 Å². The number of rotatable bonds is 5. The molecule has 2 atom stereocenters. The van der Waals surface area contributed by atoms with E-state index in [1.807, 2.05) is 11.0 Å².